The lowest BCUT2D eigenvalue weighted by molar-refractivity contribution is -0.385. The molecule has 0 saturated heterocycles. The van der Waals surface area contributed by atoms with E-state index in [0.717, 1.165) is 0 Å². The van der Waals surface area contributed by atoms with Crippen molar-refractivity contribution in [2.24, 2.45) is 0 Å². The highest BCUT2D eigenvalue weighted by atomic mass is 16.6. The van der Waals surface area contributed by atoms with E-state index in [2.05, 4.69) is 9.97 Å². The van der Waals surface area contributed by atoms with Crippen LogP contribution < -0.4 is 10.5 Å². The van der Waals surface area contributed by atoms with Gasteiger partial charge in [0.05, 0.1) is 10.5 Å². The van der Waals surface area contributed by atoms with Crippen LogP contribution in [0.4, 0.5) is 11.6 Å². The molecule has 0 aliphatic rings. The largest absolute Gasteiger partial charge is 0.438 e. The maximum Gasteiger partial charge on any atom is 0.276 e. The average molecular weight is 260 g/mol. The Kier molecular flexibility index (Phi) is 3.28. The summed E-state index contributed by atoms with van der Waals surface area (Å²) in [6.07, 6.45) is 0. The number of anilines is 1. The number of benzene rings is 1. The van der Waals surface area contributed by atoms with Crippen LogP contribution in [-0.4, -0.2) is 14.9 Å². The lowest BCUT2D eigenvalue weighted by Crippen LogP contribution is -2.00. The number of nitro benzene ring substituents is 1. The summed E-state index contributed by atoms with van der Waals surface area (Å²) in [6, 6.07) is 6.21. The molecule has 0 spiro atoms. The molecule has 1 aromatic carbocycles. The molecule has 1 aromatic heterocycles. The van der Waals surface area contributed by atoms with E-state index in [1.165, 1.54) is 6.07 Å². The Balaban J connectivity index is 2.38. The fourth-order valence-electron chi connectivity index (χ4n) is 1.64. The molecule has 2 rings (SSSR count). The topological polar surface area (TPSA) is 104 Å². The summed E-state index contributed by atoms with van der Waals surface area (Å²) in [4.78, 5) is 18.2. The van der Waals surface area contributed by atoms with E-state index in [9.17, 15) is 10.1 Å². The maximum atomic E-state index is 10.8. The van der Waals surface area contributed by atoms with Crippen molar-refractivity contribution in [2.75, 3.05) is 5.73 Å². The van der Waals surface area contributed by atoms with Crippen LogP contribution in [0.3, 0.4) is 0 Å². The summed E-state index contributed by atoms with van der Waals surface area (Å²) in [5.74, 6) is 0.721. The molecule has 0 unspecified atom stereocenters. The van der Waals surface area contributed by atoms with Crippen LogP contribution >= 0.6 is 0 Å². The zero-order chi connectivity index (χ0) is 14.0. The second-order valence-electron chi connectivity index (χ2n) is 3.97. The summed E-state index contributed by atoms with van der Waals surface area (Å²) >= 11 is 0. The first-order valence-electron chi connectivity index (χ1n) is 5.50. The van der Waals surface area contributed by atoms with Crippen LogP contribution in [0.1, 0.15) is 11.3 Å². The third kappa shape index (κ3) is 2.76. The Hall–Kier alpha value is -2.70. The molecule has 0 radical (unpaired) electrons. The van der Waals surface area contributed by atoms with Crippen LogP contribution in [0.25, 0.3) is 0 Å². The van der Waals surface area contributed by atoms with E-state index >= 15 is 0 Å². The summed E-state index contributed by atoms with van der Waals surface area (Å²) in [7, 11) is 0. The van der Waals surface area contributed by atoms with Gasteiger partial charge in [0.25, 0.3) is 5.69 Å². The van der Waals surface area contributed by atoms with Gasteiger partial charge < -0.3 is 10.5 Å². The predicted molar refractivity (Wildman–Crippen MR) is 69.1 cm³/mol. The Labute approximate surface area is 109 Å². The molecular formula is C12H12N4O3. The molecule has 0 atom stereocenters. The highest BCUT2D eigenvalue weighted by molar-refractivity contribution is 5.49. The molecule has 7 nitrogen and oxygen atoms in total. The van der Waals surface area contributed by atoms with Gasteiger partial charge in [-0.1, -0.05) is 6.07 Å². The van der Waals surface area contributed by atoms with E-state index in [4.69, 9.17) is 10.5 Å². The van der Waals surface area contributed by atoms with E-state index in [-0.39, 0.29) is 17.5 Å². The molecule has 0 aliphatic carbocycles. The van der Waals surface area contributed by atoms with Crippen molar-refractivity contribution in [3.05, 3.63) is 45.6 Å². The summed E-state index contributed by atoms with van der Waals surface area (Å²) in [5.41, 5.74) is 6.61. The number of hydrogen-bond donors (Lipinski definition) is 1. The van der Waals surface area contributed by atoms with Crippen molar-refractivity contribution in [3.63, 3.8) is 0 Å². The molecule has 0 bridgehead atoms. The molecule has 0 aliphatic heterocycles. The number of rotatable bonds is 3. The highest BCUT2D eigenvalue weighted by Crippen LogP contribution is 2.30. The minimum absolute atomic E-state index is 0.00347. The molecular weight excluding hydrogens is 248 g/mol. The van der Waals surface area contributed by atoms with Gasteiger partial charge in [-0.05, 0) is 19.9 Å². The molecule has 2 N–H and O–H groups in total. The van der Waals surface area contributed by atoms with Crippen LogP contribution in [-0.2, 0) is 0 Å². The summed E-state index contributed by atoms with van der Waals surface area (Å²) < 4.78 is 5.53. The smallest absolute Gasteiger partial charge is 0.276 e. The van der Waals surface area contributed by atoms with Crippen LogP contribution in [0.5, 0.6) is 11.6 Å². The third-order valence-electron chi connectivity index (χ3n) is 2.51. The van der Waals surface area contributed by atoms with Crippen molar-refractivity contribution >= 4 is 11.6 Å². The second kappa shape index (κ2) is 4.89. The minimum atomic E-state index is -0.457. The first-order valence-corrected chi connectivity index (χ1v) is 5.50. The molecule has 0 fully saturated rings. The number of ether oxygens (including phenoxy) is 1. The van der Waals surface area contributed by atoms with Gasteiger partial charge in [-0.2, -0.15) is 4.98 Å². The zero-order valence-corrected chi connectivity index (χ0v) is 10.5. The Bertz CT molecular complexity index is 623. The molecule has 7 heteroatoms. The van der Waals surface area contributed by atoms with Crippen LogP contribution in [0.15, 0.2) is 24.3 Å². The first-order chi connectivity index (χ1) is 8.97. The number of aromatic nitrogens is 2. The number of nitrogens with zero attached hydrogens (tertiary/aromatic N) is 3. The lowest BCUT2D eigenvalue weighted by Gasteiger charge is -2.08. The fourth-order valence-corrected chi connectivity index (χ4v) is 1.64. The quantitative estimate of drug-likeness (QED) is 0.671. The van der Waals surface area contributed by atoms with Crippen molar-refractivity contribution in [1.29, 1.82) is 0 Å². The molecule has 19 heavy (non-hydrogen) atoms. The lowest BCUT2D eigenvalue weighted by atomic mass is 10.2. The van der Waals surface area contributed by atoms with E-state index in [1.807, 2.05) is 0 Å². The number of nitro groups is 1. The third-order valence-corrected chi connectivity index (χ3v) is 2.51. The van der Waals surface area contributed by atoms with E-state index in [1.54, 1.807) is 32.0 Å². The van der Waals surface area contributed by atoms with Gasteiger partial charge in [-0.3, -0.25) is 10.1 Å². The van der Waals surface area contributed by atoms with Crippen LogP contribution in [0, 0.1) is 24.0 Å². The molecule has 98 valence electrons. The predicted octanol–water partition coefficient (Wildman–Crippen LogP) is 2.38. The van der Waals surface area contributed by atoms with Gasteiger partial charge in [0.1, 0.15) is 5.75 Å². The number of nitrogens with two attached hydrogens (primary N) is 1. The highest BCUT2D eigenvalue weighted by Gasteiger charge is 2.15. The minimum Gasteiger partial charge on any atom is -0.438 e. The van der Waals surface area contributed by atoms with E-state index < -0.39 is 4.92 Å². The van der Waals surface area contributed by atoms with Gasteiger partial charge in [0, 0.05) is 17.8 Å². The van der Waals surface area contributed by atoms with Crippen molar-refractivity contribution in [1.82, 2.24) is 9.97 Å². The van der Waals surface area contributed by atoms with Crippen molar-refractivity contribution < 1.29 is 9.66 Å². The summed E-state index contributed by atoms with van der Waals surface area (Å²) in [5, 5.41) is 10.8. The Morgan fingerprint density at radius 2 is 2.05 bits per heavy atom. The van der Waals surface area contributed by atoms with Crippen molar-refractivity contribution in [3.8, 4) is 11.6 Å². The molecule has 0 amide bonds. The van der Waals surface area contributed by atoms with Gasteiger partial charge in [0.15, 0.2) is 0 Å². The molecule has 1 heterocycles. The monoisotopic (exact) mass is 260 g/mol. The van der Waals surface area contributed by atoms with Gasteiger partial charge >= 0.3 is 0 Å². The first kappa shape index (κ1) is 12.7. The number of aryl methyl sites for hydroxylation is 1. The summed E-state index contributed by atoms with van der Waals surface area (Å²) in [6.45, 7) is 3.37. The van der Waals surface area contributed by atoms with Gasteiger partial charge in [-0.15, -0.1) is 0 Å². The Morgan fingerprint density at radius 1 is 1.32 bits per heavy atom. The zero-order valence-electron chi connectivity index (χ0n) is 10.5. The fraction of sp³-hybridized carbons (Fsp3) is 0.167. The van der Waals surface area contributed by atoms with Crippen molar-refractivity contribution in [2.45, 2.75) is 13.8 Å². The van der Waals surface area contributed by atoms with Gasteiger partial charge in [-0.25, -0.2) is 4.98 Å². The number of hydrogen-bond acceptors (Lipinski definition) is 6. The normalized spacial score (nSPS) is 10.2. The molecule has 2 aromatic rings. The Morgan fingerprint density at radius 3 is 2.68 bits per heavy atom. The maximum absolute atomic E-state index is 10.8. The molecule has 0 saturated carbocycles. The SMILES string of the molecule is Cc1cc(Oc2cccc([N+](=O)[O-])c2C)nc(N)n1. The standard InChI is InChI=1S/C12H12N4O3/c1-7-6-11(15-12(13)14-7)19-10-5-3-4-9(8(10)2)16(17)18/h3-6H,1-2H3,(H2,13,14,15). The number of nitrogen functional groups attached to an aromatic ring is 1. The second-order valence-corrected chi connectivity index (χ2v) is 3.97. The van der Waals surface area contributed by atoms with Gasteiger partial charge in [0.2, 0.25) is 11.8 Å². The average Bonchev–Trinajstić information content (AvgIpc) is 2.30. The van der Waals surface area contributed by atoms with E-state index in [0.29, 0.717) is 17.0 Å². The van der Waals surface area contributed by atoms with Crippen LogP contribution in [0.2, 0.25) is 0 Å².